The molecule has 1 aliphatic rings. The normalized spacial score (nSPS) is 18.4. The summed E-state index contributed by atoms with van der Waals surface area (Å²) < 4.78 is 5.83. The van der Waals surface area contributed by atoms with Gasteiger partial charge in [0, 0.05) is 22.2 Å². The van der Waals surface area contributed by atoms with Gasteiger partial charge in [-0.1, -0.05) is 41.9 Å². The minimum atomic E-state index is -0.364. The number of amides is 2. The summed E-state index contributed by atoms with van der Waals surface area (Å²) in [7, 11) is 0. The molecule has 138 valence electrons. The van der Waals surface area contributed by atoms with Gasteiger partial charge in [-0.3, -0.25) is 0 Å². The lowest BCUT2D eigenvalue weighted by Gasteiger charge is -2.34. The van der Waals surface area contributed by atoms with Gasteiger partial charge in [0.25, 0.3) is 0 Å². The second-order valence-corrected chi connectivity index (χ2v) is 6.97. The number of rotatable bonds is 3. The van der Waals surface area contributed by atoms with Crippen LogP contribution in [0.15, 0.2) is 60.7 Å². The van der Waals surface area contributed by atoms with Gasteiger partial charge < -0.3 is 20.5 Å². The third-order valence-corrected chi connectivity index (χ3v) is 5.04. The minimum absolute atomic E-state index is 0.0887. The summed E-state index contributed by atoms with van der Waals surface area (Å²) in [4.78, 5) is 12.6. The molecule has 5 nitrogen and oxygen atoms in total. The number of carbonyl (C=O) groups is 1. The third kappa shape index (κ3) is 3.56. The lowest BCUT2D eigenvalue weighted by molar-refractivity contribution is 0.115. The molecule has 0 aromatic heterocycles. The van der Waals surface area contributed by atoms with E-state index in [1.807, 2.05) is 36.4 Å². The molecule has 0 unspecified atom stereocenters. The van der Waals surface area contributed by atoms with Gasteiger partial charge in [-0.15, -0.1) is 0 Å². The molecule has 0 bridgehead atoms. The maximum atomic E-state index is 12.6. The Hall–Kier alpha value is -2.76. The van der Waals surface area contributed by atoms with Crippen LogP contribution in [-0.4, -0.2) is 24.4 Å². The number of fused-ring (bicyclic) bond motifs is 3. The predicted molar refractivity (Wildman–Crippen MR) is 106 cm³/mol. The molecule has 3 aromatic carbocycles. The zero-order valence-electron chi connectivity index (χ0n) is 14.5. The number of halogens is 1. The summed E-state index contributed by atoms with van der Waals surface area (Å²) in [6.07, 6.45) is 0. The maximum absolute atomic E-state index is 12.6. The van der Waals surface area contributed by atoms with Crippen LogP contribution in [0.2, 0.25) is 5.02 Å². The highest BCUT2D eigenvalue weighted by Gasteiger charge is 2.33. The molecule has 1 aliphatic heterocycles. The van der Waals surface area contributed by atoms with Gasteiger partial charge >= 0.3 is 6.03 Å². The van der Waals surface area contributed by atoms with Crippen molar-refractivity contribution >= 4 is 34.1 Å². The molecule has 0 aliphatic carbocycles. The number of anilines is 1. The Labute approximate surface area is 161 Å². The van der Waals surface area contributed by atoms with Crippen molar-refractivity contribution in [2.24, 2.45) is 5.92 Å². The minimum Gasteiger partial charge on any atom is -0.493 e. The van der Waals surface area contributed by atoms with E-state index in [1.54, 1.807) is 24.3 Å². The first-order valence-electron chi connectivity index (χ1n) is 8.74. The Bertz CT molecular complexity index is 975. The Kier molecular flexibility index (Phi) is 4.88. The first kappa shape index (κ1) is 17.6. The molecule has 0 saturated heterocycles. The van der Waals surface area contributed by atoms with Gasteiger partial charge in [0.2, 0.25) is 0 Å². The van der Waals surface area contributed by atoms with Crippen LogP contribution in [-0.2, 0) is 0 Å². The Balaban J connectivity index is 1.65. The Morgan fingerprint density at radius 2 is 1.89 bits per heavy atom. The van der Waals surface area contributed by atoms with Crippen molar-refractivity contribution < 1.29 is 14.6 Å². The van der Waals surface area contributed by atoms with Crippen molar-refractivity contribution in [1.29, 1.82) is 0 Å². The fraction of sp³-hybridized carbons (Fsp3) is 0.190. The van der Waals surface area contributed by atoms with Crippen LogP contribution in [0.5, 0.6) is 5.75 Å². The zero-order valence-corrected chi connectivity index (χ0v) is 15.2. The average molecular weight is 383 g/mol. The van der Waals surface area contributed by atoms with E-state index in [9.17, 15) is 9.90 Å². The monoisotopic (exact) mass is 382 g/mol. The SMILES string of the molecule is O=C(Nc1ccc(Cl)cc1)N[C@@H]1c2c(ccc3ccccc23)OC[C@@H]1CO. The van der Waals surface area contributed by atoms with Crippen molar-refractivity contribution in [3.8, 4) is 5.75 Å². The highest BCUT2D eigenvalue weighted by Crippen LogP contribution is 2.40. The van der Waals surface area contributed by atoms with Crippen LogP contribution in [0, 0.1) is 5.92 Å². The van der Waals surface area contributed by atoms with Crippen molar-refractivity contribution in [1.82, 2.24) is 5.32 Å². The Morgan fingerprint density at radius 1 is 1.11 bits per heavy atom. The zero-order chi connectivity index (χ0) is 18.8. The summed E-state index contributed by atoms with van der Waals surface area (Å²) in [6.45, 7) is 0.252. The molecule has 1 heterocycles. The molecule has 6 heteroatoms. The summed E-state index contributed by atoms with van der Waals surface area (Å²) in [5.41, 5.74) is 1.53. The smallest absolute Gasteiger partial charge is 0.319 e. The summed E-state index contributed by atoms with van der Waals surface area (Å²) in [5.74, 6) is 0.495. The van der Waals surface area contributed by atoms with E-state index < -0.39 is 0 Å². The lowest BCUT2D eigenvalue weighted by Crippen LogP contribution is -2.42. The van der Waals surface area contributed by atoms with Gasteiger partial charge in [-0.25, -0.2) is 4.79 Å². The number of urea groups is 1. The molecule has 0 spiro atoms. The number of aliphatic hydroxyl groups is 1. The van der Waals surface area contributed by atoms with Crippen LogP contribution in [0.25, 0.3) is 10.8 Å². The maximum Gasteiger partial charge on any atom is 0.319 e. The quantitative estimate of drug-likeness (QED) is 0.630. The lowest BCUT2D eigenvalue weighted by atomic mass is 9.87. The molecular weight excluding hydrogens is 364 g/mol. The number of nitrogens with one attached hydrogen (secondary N) is 2. The molecule has 2 amide bonds. The van der Waals surface area contributed by atoms with Crippen molar-refractivity contribution in [3.63, 3.8) is 0 Å². The molecule has 27 heavy (non-hydrogen) atoms. The molecule has 3 aromatic rings. The number of hydrogen-bond donors (Lipinski definition) is 3. The first-order valence-corrected chi connectivity index (χ1v) is 9.12. The number of benzene rings is 3. The molecular formula is C21H19ClN2O3. The van der Waals surface area contributed by atoms with Crippen LogP contribution in [0.1, 0.15) is 11.6 Å². The van der Waals surface area contributed by atoms with Crippen LogP contribution in [0.4, 0.5) is 10.5 Å². The van der Waals surface area contributed by atoms with Crippen LogP contribution in [0.3, 0.4) is 0 Å². The first-order chi connectivity index (χ1) is 13.2. The van der Waals surface area contributed by atoms with E-state index in [1.165, 1.54) is 0 Å². The summed E-state index contributed by atoms with van der Waals surface area (Å²) >= 11 is 5.88. The van der Waals surface area contributed by atoms with Crippen molar-refractivity contribution in [2.75, 3.05) is 18.5 Å². The van der Waals surface area contributed by atoms with Crippen LogP contribution < -0.4 is 15.4 Å². The van der Waals surface area contributed by atoms with Crippen molar-refractivity contribution in [2.45, 2.75) is 6.04 Å². The highest BCUT2D eigenvalue weighted by atomic mass is 35.5. The largest absolute Gasteiger partial charge is 0.493 e. The molecule has 0 fully saturated rings. The standard InChI is InChI=1S/C21H19ClN2O3/c22-15-6-8-16(9-7-15)23-21(26)24-20-14(11-25)12-27-18-10-5-13-3-1-2-4-17(13)19(18)20/h1-10,14,20,25H,11-12H2,(H2,23,24,26)/t14-,20-/m0/s1. The summed E-state index contributed by atoms with van der Waals surface area (Å²) in [6, 6.07) is 18.0. The molecule has 3 N–H and O–H groups in total. The van der Waals surface area contributed by atoms with Crippen LogP contribution >= 0.6 is 11.6 Å². The van der Waals surface area contributed by atoms with E-state index >= 15 is 0 Å². The van der Waals surface area contributed by atoms with Crippen molar-refractivity contribution in [3.05, 3.63) is 71.2 Å². The molecule has 4 rings (SSSR count). The van der Waals surface area contributed by atoms with Gasteiger partial charge in [-0.2, -0.15) is 0 Å². The second-order valence-electron chi connectivity index (χ2n) is 6.54. The Morgan fingerprint density at radius 3 is 2.67 bits per heavy atom. The second kappa shape index (κ2) is 7.47. The molecule has 0 saturated carbocycles. The van der Waals surface area contributed by atoms with Gasteiger partial charge in [0.15, 0.2) is 0 Å². The fourth-order valence-corrected chi connectivity index (χ4v) is 3.57. The average Bonchev–Trinajstić information content (AvgIpc) is 2.69. The molecule has 2 atom stereocenters. The third-order valence-electron chi connectivity index (χ3n) is 4.79. The fourth-order valence-electron chi connectivity index (χ4n) is 3.44. The van der Waals surface area contributed by atoms with E-state index in [2.05, 4.69) is 10.6 Å². The van der Waals surface area contributed by atoms with E-state index in [-0.39, 0.29) is 24.6 Å². The predicted octanol–water partition coefficient (Wildman–Crippen LogP) is 4.36. The number of hydrogen-bond acceptors (Lipinski definition) is 3. The van der Waals surface area contributed by atoms with Gasteiger partial charge in [0.1, 0.15) is 5.75 Å². The number of carbonyl (C=O) groups excluding carboxylic acids is 1. The molecule has 0 radical (unpaired) electrons. The topological polar surface area (TPSA) is 70.6 Å². The number of aliphatic hydroxyl groups excluding tert-OH is 1. The van der Waals surface area contributed by atoms with Gasteiger partial charge in [-0.05, 0) is 41.1 Å². The highest BCUT2D eigenvalue weighted by molar-refractivity contribution is 6.30. The van der Waals surface area contributed by atoms with E-state index in [4.69, 9.17) is 16.3 Å². The van der Waals surface area contributed by atoms with E-state index in [0.29, 0.717) is 17.3 Å². The van der Waals surface area contributed by atoms with E-state index in [0.717, 1.165) is 22.1 Å². The van der Waals surface area contributed by atoms with Gasteiger partial charge in [0.05, 0.1) is 19.3 Å². The summed E-state index contributed by atoms with van der Waals surface area (Å²) in [5, 5.41) is 18.3. The number of ether oxygens (including phenoxy) is 1.